The molecule has 1 atom stereocenters. The van der Waals surface area contributed by atoms with Crippen molar-refractivity contribution >= 4 is 5.91 Å². The summed E-state index contributed by atoms with van der Waals surface area (Å²) < 4.78 is 1.90. The van der Waals surface area contributed by atoms with Gasteiger partial charge in [0.25, 0.3) is 0 Å². The summed E-state index contributed by atoms with van der Waals surface area (Å²) in [5.74, 6) is 0.789. The van der Waals surface area contributed by atoms with Gasteiger partial charge in [0.1, 0.15) is 6.07 Å². The van der Waals surface area contributed by atoms with Gasteiger partial charge in [-0.1, -0.05) is 0 Å². The van der Waals surface area contributed by atoms with Crippen molar-refractivity contribution in [3.05, 3.63) is 18.0 Å². The molecule has 2 saturated heterocycles. The molecule has 2 aliphatic heterocycles. The first-order valence-electron chi connectivity index (χ1n) is 7.58. The number of likely N-dealkylation sites (tertiary alicyclic amines) is 2. The Hall–Kier alpha value is -1.87. The van der Waals surface area contributed by atoms with E-state index < -0.39 is 0 Å². The summed E-state index contributed by atoms with van der Waals surface area (Å²) in [5.41, 5.74) is 0.623. The van der Waals surface area contributed by atoms with Gasteiger partial charge >= 0.3 is 0 Å². The first-order valence-corrected chi connectivity index (χ1v) is 7.58. The summed E-state index contributed by atoms with van der Waals surface area (Å²) in [6, 6.07) is 2.50. The molecule has 1 aromatic rings. The molecule has 6 nitrogen and oxygen atoms in total. The van der Waals surface area contributed by atoms with Crippen molar-refractivity contribution in [3.63, 3.8) is 0 Å². The molecule has 0 saturated carbocycles. The average Bonchev–Trinajstić information content (AvgIpc) is 2.91. The number of hydrogen-bond acceptors (Lipinski definition) is 4. The smallest absolute Gasteiger partial charge is 0.219 e. The molecular formula is C15H21N5O. The van der Waals surface area contributed by atoms with Gasteiger partial charge in [-0.3, -0.25) is 14.4 Å². The number of rotatable bonds is 3. The molecule has 21 heavy (non-hydrogen) atoms. The van der Waals surface area contributed by atoms with Crippen LogP contribution < -0.4 is 0 Å². The fraction of sp³-hybridized carbons (Fsp3) is 0.667. The van der Waals surface area contributed by atoms with Crippen LogP contribution in [0.4, 0.5) is 0 Å². The molecule has 3 rings (SSSR count). The predicted molar refractivity (Wildman–Crippen MR) is 77.4 cm³/mol. The lowest BCUT2D eigenvalue weighted by Crippen LogP contribution is -2.51. The lowest BCUT2D eigenvalue weighted by molar-refractivity contribution is -0.130. The molecule has 6 heteroatoms. The fourth-order valence-corrected chi connectivity index (χ4v) is 3.32. The second-order valence-electron chi connectivity index (χ2n) is 6.17. The monoisotopic (exact) mass is 287 g/mol. The quantitative estimate of drug-likeness (QED) is 0.827. The summed E-state index contributed by atoms with van der Waals surface area (Å²) >= 11 is 0. The van der Waals surface area contributed by atoms with Gasteiger partial charge in [-0.2, -0.15) is 10.4 Å². The minimum atomic E-state index is 0.196. The Morgan fingerprint density at radius 3 is 2.95 bits per heavy atom. The number of carbonyl (C=O) groups is 1. The van der Waals surface area contributed by atoms with E-state index in [1.54, 1.807) is 13.1 Å². The highest BCUT2D eigenvalue weighted by molar-refractivity contribution is 5.73. The first kappa shape index (κ1) is 14.1. The Morgan fingerprint density at radius 2 is 2.29 bits per heavy atom. The van der Waals surface area contributed by atoms with Crippen molar-refractivity contribution in [1.82, 2.24) is 19.6 Å². The zero-order valence-corrected chi connectivity index (χ0v) is 12.4. The summed E-state index contributed by atoms with van der Waals surface area (Å²) in [4.78, 5) is 15.8. The molecule has 2 aliphatic rings. The molecule has 0 aliphatic carbocycles. The third kappa shape index (κ3) is 3.08. The Labute approximate surface area is 124 Å². The average molecular weight is 287 g/mol. The molecule has 1 amide bonds. The molecule has 2 fully saturated rings. The summed E-state index contributed by atoms with van der Waals surface area (Å²) in [6.07, 6.45) is 5.77. The largest absolute Gasteiger partial charge is 0.343 e. The van der Waals surface area contributed by atoms with Crippen molar-refractivity contribution in [1.29, 1.82) is 5.26 Å². The van der Waals surface area contributed by atoms with Gasteiger partial charge in [-0.25, -0.2) is 0 Å². The maximum absolute atomic E-state index is 11.5. The van der Waals surface area contributed by atoms with E-state index in [1.165, 1.54) is 6.42 Å². The van der Waals surface area contributed by atoms with Crippen LogP contribution in [0.5, 0.6) is 0 Å². The van der Waals surface area contributed by atoms with E-state index in [-0.39, 0.29) is 5.91 Å². The number of piperidine rings is 1. The van der Waals surface area contributed by atoms with Crippen LogP contribution >= 0.6 is 0 Å². The van der Waals surface area contributed by atoms with Crippen LogP contribution in [-0.2, 0) is 4.79 Å². The first-order chi connectivity index (χ1) is 10.2. The summed E-state index contributed by atoms with van der Waals surface area (Å²) in [6.45, 7) is 6.51. The van der Waals surface area contributed by atoms with Gasteiger partial charge in [0.05, 0.1) is 17.8 Å². The molecular weight excluding hydrogens is 266 g/mol. The SMILES string of the molecule is CC(=O)N1CCCC(CN2CC(n3cc(C#N)cn3)C2)C1. The number of hydrogen-bond donors (Lipinski definition) is 0. The van der Waals surface area contributed by atoms with Crippen molar-refractivity contribution < 1.29 is 4.79 Å². The molecule has 3 heterocycles. The maximum Gasteiger partial charge on any atom is 0.219 e. The number of nitrogens with zero attached hydrogens (tertiary/aromatic N) is 5. The van der Waals surface area contributed by atoms with Crippen molar-refractivity contribution in [2.75, 3.05) is 32.7 Å². The summed E-state index contributed by atoms with van der Waals surface area (Å²) in [7, 11) is 0. The van der Waals surface area contributed by atoms with Crippen LogP contribution in [0.2, 0.25) is 0 Å². The van der Waals surface area contributed by atoms with E-state index in [4.69, 9.17) is 5.26 Å². The van der Waals surface area contributed by atoms with Crippen molar-refractivity contribution in [2.24, 2.45) is 5.92 Å². The second-order valence-corrected chi connectivity index (χ2v) is 6.17. The minimum absolute atomic E-state index is 0.196. The van der Waals surface area contributed by atoms with Gasteiger partial charge in [-0.05, 0) is 18.8 Å². The zero-order valence-electron chi connectivity index (χ0n) is 12.4. The maximum atomic E-state index is 11.5. The minimum Gasteiger partial charge on any atom is -0.343 e. The fourth-order valence-electron chi connectivity index (χ4n) is 3.32. The standard InChI is InChI=1S/C15H21N5O/c1-12(21)19-4-2-3-13(8-19)7-18-10-15(11-18)20-9-14(5-16)6-17-20/h6,9,13,15H,2-4,7-8,10-11H2,1H3. The Morgan fingerprint density at radius 1 is 1.48 bits per heavy atom. The highest BCUT2D eigenvalue weighted by Crippen LogP contribution is 2.25. The number of aromatic nitrogens is 2. The van der Waals surface area contributed by atoms with Gasteiger partial charge in [0.2, 0.25) is 5.91 Å². The van der Waals surface area contributed by atoms with Crippen LogP contribution in [0.25, 0.3) is 0 Å². The second kappa shape index (κ2) is 5.86. The van der Waals surface area contributed by atoms with Gasteiger partial charge in [-0.15, -0.1) is 0 Å². The van der Waals surface area contributed by atoms with Crippen molar-refractivity contribution in [3.8, 4) is 6.07 Å². The highest BCUT2D eigenvalue weighted by Gasteiger charge is 2.32. The molecule has 1 aromatic heterocycles. The number of amides is 1. The van der Waals surface area contributed by atoms with Crippen LogP contribution in [0.15, 0.2) is 12.4 Å². The summed E-state index contributed by atoms with van der Waals surface area (Å²) in [5, 5.41) is 13.1. The van der Waals surface area contributed by atoms with Gasteiger partial charge < -0.3 is 4.90 Å². The molecule has 112 valence electrons. The van der Waals surface area contributed by atoms with E-state index in [9.17, 15) is 4.79 Å². The zero-order chi connectivity index (χ0) is 14.8. The van der Waals surface area contributed by atoms with Crippen molar-refractivity contribution in [2.45, 2.75) is 25.8 Å². The number of nitriles is 1. The van der Waals surface area contributed by atoms with Crippen LogP contribution in [-0.4, -0.2) is 58.2 Å². The third-order valence-electron chi connectivity index (χ3n) is 4.52. The lowest BCUT2D eigenvalue weighted by Gasteiger charge is -2.43. The highest BCUT2D eigenvalue weighted by atomic mass is 16.2. The molecule has 0 bridgehead atoms. The van der Waals surface area contributed by atoms with Crippen LogP contribution in [0.1, 0.15) is 31.4 Å². The molecule has 0 spiro atoms. The van der Waals surface area contributed by atoms with Gasteiger partial charge in [0.15, 0.2) is 0 Å². The van der Waals surface area contributed by atoms with Crippen LogP contribution in [0, 0.1) is 17.2 Å². The molecule has 0 radical (unpaired) electrons. The van der Waals surface area contributed by atoms with E-state index >= 15 is 0 Å². The lowest BCUT2D eigenvalue weighted by atomic mass is 9.95. The van der Waals surface area contributed by atoms with E-state index in [0.29, 0.717) is 17.5 Å². The number of carbonyl (C=O) groups excluding carboxylic acids is 1. The van der Waals surface area contributed by atoms with E-state index in [2.05, 4.69) is 16.1 Å². The Bertz CT molecular complexity index is 555. The third-order valence-corrected chi connectivity index (χ3v) is 4.52. The Balaban J connectivity index is 1.46. The normalized spacial score (nSPS) is 23.6. The van der Waals surface area contributed by atoms with Gasteiger partial charge in [0, 0.05) is 45.8 Å². The van der Waals surface area contributed by atoms with Crippen LogP contribution in [0.3, 0.4) is 0 Å². The molecule has 0 aromatic carbocycles. The topological polar surface area (TPSA) is 65.2 Å². The predicted octanol–water partition coefficient (Wildman–Crippen LogP) is 0.870. The molecule has 0 N–H and O–H groups in total. The van der Waals surface area contributed by atoms with E-state index in [1.807, 2.05) is 15.8 Å². The Kier molecular flexibility index (Phi) is 3.93. The van der Waals surface area contributed by atoms with E-state index in [0.717, 1.165) is 39.1 Å². The molecule has 1 unspecified atom stereocenters.